The Labute approximate surface area is 68.1 Å². The van der Waals surface area contributed by atoms with Gasteiger partial charge in [-0.2, -0.15) is 0 Å². The van der Waals surface area contributed by atoms with Crippen molar-refractivity contribution in [3.63, 3.8) is 0 Å². The Balaban J connectivity index is 2.32. The standard InChI is InChI=1S/C10H16O/c1-6-8-4-7(5-9(6)11)10(8,2)3/h5-8,11H,4H2,1-3H3/t6-,7+,8-/m1/s1. The summed E-state index contributed by atoms with van der Waals surface area (Å²) in [7, 11) is 0. The zero-order chi connectivity index (χ0) is 8.22. The van der Waals surface area contributed by atoms with E-state index >= 15 is 0 Å². The second-order valence-corrected chi connectivity index (χ2v) is 4.65. The summed E-state index contributed by atoms with van der Waals surface area (Å²) >= 11 is 0. The molecule has 2 bridgehead atoms. The fraction of sp³-hybridized carbons (Fsp3) is 0.800. The maximum atomic E-state index is 9.47. The van der Waals surface area contributed by atoms with Crippen LogP contribution in [0.15, 0.2) is 11.8 Å². The van der Waals surface area contributed by atoms with Crippen molar-refractivity contribution < 1.29 is 5.11 Å². The Kier molecular flexibility index (Phi) is 1.19. The molecule has 11 heavy (non-hydrogen) atoms. The molecule has 0 aromatic rings. The lowest BCUT2D eigenvalue weighted by molar-refractivity contribution is -0.0466. The van der Waals surface area contributed by atoms with Gasteiger partial charge in [-0.05, 0) is 29.7 Å². The lowest BCUT2D eigenvalue weighted by Gasteiger charge is -2.57. The van der Waals surface area contributed by atoms with Crippen molar-refractivity contribution in [2.24, 2.45) is 23.2 Å². The van der Waals surface area contributed by atoms with Crippen LogP contribution >= 0.6 is 0 Å². The normalized spacial score (nSPS) is 46.1. The smallest absolute Gasteiger partial charge is 0.0916 e. The van der Waals surface area contributed by atoms with Crippen LogP contribution in [0, 0.1) is 23.2 Å². The van der Waals surface area contributed by atoms with Gasteiger partial charge in [0.2, 0.25) is 0 Å². The quantitative estimate of drug-likeness (QED) is 0.566. The third-order valence-corrected chi connectivity index (χ3v) is 3.86. The molecule has 0 radical (unpaired) electrons. The molecular formula is C10H16O. The van der Waals surface area contributed by atoms with Crippen LogP contribution in [-0.4, -0.2) is 5.11 Å². The number of hydrogen-bond acceptors (Lipinski definition) is 1. The van der Waals surface area contributed by atoms with Crippen LogP contribution in [0.3, 0.4) is 0 Å². The average Bonchev–Trinajstić information content (AvgIpc) is 1.93. The van der Waals surface area contributed by atoms with Crippen LogP contribution in [0.2, 0.25) is 0 Å². The molecule has 62 valence electrons. The molecule has 3 atom stereocenters. The third-order valence-electron chi connectivity index (χ3n) is 3.86. The number of aliphatic hydroxyl groups excluding tert-OH is 1. The van der Waals surface area contributed by atoms with Crippen molar-refractivity contribution in [3.05, 3.63) is 11.8 Å². The summed E-state index contributed by atoms with van der Waals surface area (Å²) in [6.45, 7) is 6.75. The van der Waals surface area contributed by atoms with Gasteiger partial charge in [-0.3, -0.25) is 0 Å². The van der Waals surface area contributed by atoms with E-state index in [-0.39, 0.29) is 0 Å². The van der Waals surface area contributed by atoms with Crippen LogP contribution in [0.25, 0.3) is 0 Å². The summed E-state index contributed by atoms with van der Waals surface area (Å²) in [5, 5.41) is 9.47. The molecule has 0 amide bonds. The van der Waals surface area contributed by atoms with Gasteiger partial charge in [-0.1, -0.05) is 20.8 Å². The molecular weight excluding hydrogens is 136 g/mol. The maximum Gasteiger partial charge on any atom is 0.0916 e. The molecule has 0 heterocycles. The lowest BCUT2D eigenvalue weighted by atomic mass is 9.48. The molecule has 1 N–H and O–H groups in total. The van der Waals surface area contributed by atoms with E-state index in [1.54, 1.807) is 0 Å². The average molecular weight is 152 g/mol. The first kappa shape index (κ1) is 7.20. The Morgan fingerprint density at radius 3 is 2.55 bits per heavy atom. The van der Waals surface area contributed by atoms with Crippen LogP contribution in [-0.2, 0) is 0 Å². The molecule has 3 rings (SSSR count). The van der Waals surface area contributed by atoms with Gasteiger partial charge in [0.15, 0.2) is 0 Å². The van der Waals surface area contributed by atoms with E-state index in [9.17, 15) is 5.11 Å². The summed E-state index contributed by atoms with van der Waals surface area (Å²) in [4.78, 5) is 0. The third kappa shape index (κ3) is 0.715. The highest BCUT2D eigenvalue weighted by Gasteiger charge is 2.53. The first-order valence-corrected chi connectivity index (χ1v) is 4.44. The molecule has 0 saturated heterocycles. The molecule has 0 unspecified atom stereocenters. The Morgan fingerprint density at radius 2 is 2.18 bits per heavy atom. The van der Waals surface area contributed by atoms with Crippen LogP contribution in [0.4, 0.5) is 0 Å². The van der Waals surface area contributed by atoms with E-state index in [1.165, 1.54) is 6.42 Å². The molecule has 1 fully saturated rings. The van der Waals surface area contributed by atoms with Gasteiger partial charge >= 0.3 is 0 Å². The SMILES string of the molecule is C[C@H]1C(O)=C[C@@H]2C[C@H]1C2(C)C. The summed E-state index contributed by atoms with van der Waals surface area (Å²) in [6.07, 6.45) is 3.35. The minimum atomic E-state index is 0.398. The number of fused-ring (bicyclic) bond motifs is 1. The Hall–Kier alpha value is -0.460. The van der Waals surface area contributed by atoms with Gasteiger partial charge < -0.3 is 5.11 Å². The number of hydrogen-bond donors (Lipinski definition) is 1. The highest BCUT2D eigenvalue weighted by Crippen LogP contribution is 2.59. The van der Waals surface area contributed by atoms with Gasteiger partial charge in [0.05, 0.1) is 5.76 Å². The van der Waals surface area contributed by atoms with Gasteiger partial charge in [0.25, 0.3) is 0 Å². The van der Waals surface area contributed by atoms with Gasteiger partial charge in [-0.25, -0.2) is 0 Å². The summed E-state index contributed by atoms with van der Waals surface area (Å²) in [5.41, 5.74) is 0.450. The summed E-state index contributed by atoms with van der Waals surface area (Å²) in [6, 6.07) is 0. The van der Waals surface area contributed by atoms with E-state index in [0.717, 1.165) is 5.92 Å². The molecule has 0 spiro atoms. The van der Waals surface area contributed by atoms with Crippen LogP contribution in [0.1, 0.15) is 27.2 Å². The number of allylic oxidation sites excluding steroid dienone is 2. The summed E-state index contributed by atoms with van der Waals surface area (Å²) in [5.74, 6) is 2.39. The largest absolute Gasteiger partial charge is 0.512 e. The predicted molar refractivity (Wildman–Crippen MR) is 45.3 cm³/mol. The van der Waals surface area contributed by atoms with Crippen molar-refractivity contribution in [1.82, 2.24) is 0 Å². The topological polar surface area (TPSA) is 20.2 Å². The van der Waals surface area contributed by atoms with Crippen molar-refractivity contribution in [3.8, 4) is 0 Å². The molecule has 0 aliphatic heterocycles. The minimum Gasteiger partial charge on any atom is -0.512 e. The molecule has 3 aliphatic carbocycles. The molecule has 1 heteroatoms. The summed E-state index contributed by atoms with van der Waals surface area (Å²) < 4.78 is 0. The molecule has 1 nitrogen and oxygen atoms in total. The van der Waals surface area contributed by atoms with E-state index in [2.05, 4.69) is 26.8 Å². The van der Waals surface area contributed by atoms with E-state index in [0.29, 0.717) is 23.0 Å². The molecule has 0 aromatic heterocycles. The monoisotopic (exact) mass is 152 g/mol. The van der Waals surface area contributed by atoms with Crippen LogP contribution < -0.4 is 0 Å². The zero-order valence-corrected chi connectivity index (χ0v) is 7.46. The van der Waals surface area contributed by atoms with Crippen molar-refractivity contribution in [2.45, 2.75) is 27.2 Å². The van der Waals surface area contributed by atoms with Crippen molar-refractivity contribution in [2.75, 3.05) is 0 Å². The highest BCUT2D eigenvalue weighted by molar-refractivity contribution is 5.19. The van der Waals surface area contributed by atoms with Crippen molar-refractivity contribution >= 4 is 0 Å². The van der Waals surface area contributed by atoms with E-state index in [1.807, 2.05) is 0 Å². The fourth-order valence-electron chi connectivity index (χ4n) is 2.69. The van der Waals surface area contributed by atoms with Crippen molar-refractivity contribution in [1.29, 1.82) is 0 Å². The second kappa shape index (κ2) is 1.82. The maximum absolute atomic E-state index is 9.47. The first-order chi connectivity index (χ1) is 5.03. The Bertz CT molecular complexity index is 215. The minimum absolute atomic E-state index is 0.398. The zero-order valence-electron chi connectivity index (χ0n) is 7.46. The lowest BCUT2D eigenvalue weighted by Crippen LogP contribution is -2.50. The van der Waals surface area contributed by atoms with E-state index in [4.69, 9.17) is 0 Å². The number of rotatable bonds is 0. The predicted octanol–water partition coefficient (Wildman–Crippen LogP) is 2.74. The molecule has 0 aromatic carbocycles. The molecule has 1 saturated carbocycles. The number of aliphatic hydroxyl groups is 1. The van der Waals surface area contributed by atoms with Gasteiger partial charge in [0, 0.05) is 5.92 Å². The fourth-order valence-corrected chi connectivity index (χ4v) is 2.69. The highest BCUT2D eigenvalue weighted by atomic mass is 16.3. The van der Waals surface area contributed by atoms with Gasteiger partial charge in [0.1, 0.15) is 0 Å². The van der Waals surface area contributed by atoms with E-state index < -0.39 is 0 Å². The van der Waals surface area contributed by atoms with Gasteiger partial charge in [-0.15, -0.1) is 0 Å². The Morgan fingerprint density at radius 1 is 1.55 bits per heavy atom. The molecule has 3 aliphatic rings. The second-order valence-electron chi connectivity index (χ2n) is 4.65. The first-order valence-electron chi connectivity index (χ1n) is 4.44. The van der Waals surface area contributed by atoms with Crippen LogP contribution in [0.5, 0.6) is 0 Å².